The van der Waals surface area contributed by atoms with E-state index in [1.165, 1.54) is 11.4 Å². The van der Waals surface area contributed by atoms with Gasteiger partial charge in [-0.1, -0.05) is 0 Å². The molecule has 0 radical (unpaired) electrons. The second kappa shape index (κ2) is 4.86. The van der Waals surface area contributed by atoms with Crippen LogP contribution in [0.3, 0.4) is 0 Å². The number of hydrogen-bond acceptors (Lipinski definition) is 4. The molecule has 2 heterocycles. The average Bonchev–Trinajstić information content (AvgIpc) is 2.28. The molecular formula is C13H21N3S. The van der Waals surface area contributed by atoms with Crippen LogP contribution in [0, 0.1) is 0 Å². The first kappa shape index (κ1) is 12.7. The second-order valence-corrected chi connectivity index (χ2v) is 7.06. The Labute approximate surface area is 108 Å². The number of hydrogen-bond donors (Lipinski definition) is 1. The maximum Gasteiger partial charge on any atom is 0.0569 e. The van der Waals surface area contributed by atoms with Gasteiger partial charge in [-0.2, -0.15) is 11.8 Å². The van der Waals surface area contributed by atoms with Gasteiger partial charge in [-0.3, -0.25) is 4.98 Å². The van der Waals surface area contributed by atoms with Gasteiger partial charge in [-0.05, 0) is 32.9 Å². The Bertz CT molecular complexity index is 373. The number of thioether (sulfide) groups is 1. The molecule has 1 aromatic heterocycles. The first-order valence-corrected chi connectivity index (χ1v) is 7.07. The first-order valence-electron chi connectivity index (χ1n) is 6.08. The fraction of sp³-hybridized carbons (Fsp3) is 0.615. The average molecular weight is 251 g/mol. The van der Waals surface area contributed by atoms with Crippen LogP contribution in [0.1, 0.15) is 32.5 Å². The Morgan fingerprint density at radius 2 is 2.24 bits per heavy atom. The summed E-state index contributed by atoms with van der Waals surface area (Å²) in [6.07, 6.45) is 1.95. The lowest BCUT2D eigenvalue weighted by molar-refractivity contribution is 0.646. The normalized spacial score (nSPS) is 21.3. The van der Waals surface area contributed by atoms with Crippen LogP contribution in [0.25, 0.3) is 0 Å². The summed E-state index contributed by atoms with van der Waals surface area (Å²) in [6, 6.07) is 4.18. The van der Waals surface area contributed by atoms with Gasteiger partial charge in [0.1, 0.15) is 0 Å². The Kier molecular flexibility index (Phi) is 3.64. The van der Waals surface area contributed by atoms with Crippen LogP contribution >= 0.6 is 11.8 Å². The Hall–Kier alpha value is -0.740. The molecule has 0 amide bonds. The van der Waals surface area contributed by atoms with E-state index in [4.69, 9.17) is 5.73 Å². The fourth-order valence-electron chi connectivity index (χ4n) is 2.09. The Morgan fingerprint density at radius 1 is 1.47 bits per heavy atom. The third-order valence-electron chi connectivity index (χ3n) is 3.03. The number of nitrogens with two attached hydrogens (primary N) is 1. The molecule has 0 aliphatic carbocycles. The zero-order chi connectivity index (χ0) is 12.5. The van der Waals surface area contributed by atoms with Crippen LogP contribution in [0.5, 0.6) is 0 Å². The van der Waals surface area contributed by atoms with Crippen molar-refractivity contribution in [3.8, 4) is 0 Å². The Balaban J connectivity index is 2.12. The van der Waals surface area contributed by atoms with Crippen molar-refractivity contribution in [2.24, 2.45) is 5.73 Å². The van der Waals surface area contributed by atoms with Crippen molar-refractivity contribution in [2.75, 3.05) is 23.7 Å². The zero-order valence-corrected chi connectivity index (χ0v) is 11.6. The minimum Gasteiger partial charge on any atom is -0.368 e. The zero-order valence-electron chi connectivity index (χ0n) is 10.8. The van der Waals surface area contributed by atoms with Crippen LogP contribution in [-0.2, 0) is 0 Å². The van der Waals surface area contributed by atoms with Crippen molar-refractivity contribution < 1.29 is 0 Å². The molecule has 0 saturated carbocycles. The second-order valence-electron chi connectivity index (χ2n) is 5.26. The quantitative estimate of drug-likeness (QED) is 0.876. The van der Waals surface area contributed by atoms with Crippen molar-refractivity contribution in [3.63, 3.8) is 0 Å². The molecule has 1 fully saturated rings. The monoisotopic (exact) mass is 251 g/mol. The molecule has 1 aromatic rings. The van der Waals surface area contributed by atoms with Crippen molar-refractivity contribution in [1.29, 1.82) is 0 Å². The minimum atomic E-state index is 0.0115. The number of pyridine rings is 1. The van der Waals surface area contributed by atoms with Crippen molar-refractivity contribution in [3.05, 3.63) is 24.0 Å². The summed E-state index contributed by atoms with van der Waals surface area (Å²) < 4.78 is 0.331. The topological polar surface area (TPSA) is 42.1 Å². The van der Waals surface area contributed by atoms with Gasteiger partial charge < -0.3 is 10.6 Å². The molecule has 4 heteroatoms. The highest BCUT2D eigenvalue weighted by Gasteiger charge is 2.27. The number of rotatable bonds is 2. The summed E-state index contributed by atoms with van der Waals surface area (Å²) in [5.41, 5.74) is 7.97. The third-order valence-corrected chi connectivity index (χ3v) is 4.33. The van der Waals surface area contributed by atoms with E-state index in [-0.39, 0.29) is 6.04 Å². The number of aromatic nitrogens is 1. The van der Waals surface area contributed by atoms with Crippen LogP contribution in [0.2, 0.25) is 0 Å². The van der Waals surface area contributed by atoms with E-state index in [2.05, 4.69) is 29.8 Å². The molecule has 0 spiro atoms. The van der Waals surface area contributed by atoms with E-state index in [0.717, 1.165) is 18.8 Å². The van der Waals surface area contributed by atoms with Crippen LogP contribution in [0.15, 0.2) is 18.3 Å². The molecule has 0 unspecified atom stereocenters. The molecule has 0 bridgehead atoms. The lowest BCUT2D eigenvalue weighted by Gasteiger charge is -2.38. The molecule has 1 atom stereocenters. The highest BCUT2D eigenvalue weighted by Crippen LogP contribution is 2.32. The first-order chi connectivity index (χ1) is 7.98. The fourth-order valence-corrected chi connectivity index (χ4v) is 3.20. The van der Waals surface area contributed by atoms with Gasteiger partial charge in [0, 0.05) is 29.6 Å². The molecule has 0 aromatic carbocycles. The largest absolute Gasteiger partial charge is 0.368 e. The molecular weight excluding hydrogens is 230 g/mol. The predicted octanol–water partition coefficient (Wildman–Crippen LogP) is 2.43. The molecule has 1 saturated heterocycles. The van der Waals surface area contributed by atoms with Gasteiger partial charge in [0.15, 0.2) is 0 Å². The molecule has 3 nitrogen and oxygen atoms in total. The molecule has 1 aliphatic rings. The summed E-state index contributed by atoms with van der Waals surface area (Å²) in [5.74, 6) is 1.18. The molecule has 17 heavy (non-hydrogen) atoms. The van der Waals surface area contributed by atoms with Crippen molar-refractivity contribution in [2.45, 2.75) is 31.6 Å². The van der Waals surface area contributed by atoms with Crippen LogP contribution in [-0.4, -0.2) is 28.6 Å². The maximum absolute atomic E-state index is 5.81. The van der Waals surface area contributed by atoms with Gasteiger partial charge in [-0.15, -0.1) is 0 Å². The standard InChI is InChI=1S/C13H21N3S/c1-10(14)12-5-4-11(8-15-12)16-6-7-17-13(2,3)9-16/h4-5,8,10H,6-7,9,14H2,1-3H3/t10-/m0/s1. The predicted molar refractivity (Wildman–Crippen MR) is 75.6 cm³/mol. The highest BCUT2D eigenvalue weighted by molar-refractivity contribution is 8.00. The van der Waals surface area contributed by atoms with Crippen LogP contribution < -0.4 is 10.6 Å². The van der Waals surface area contributed by atoms with E-state index in [9.17, 15) is 0 Å². The SMILES string of the molecule is C[C@H](N)c1ccc(N2CCSC(C)(C)C2)cn1. The molecule has 2 rings (SSSR count). The summed E-state index contributed by atoms with van der Waals surface area (Å²) in [4.78, 5) is 6.84. The summed E-state index contributed by atoms with van der Waals surface area (Å²) in [7, 11) is 0. The van der Waals surface area contributed by atoms with Crippen molar-refractivity contribution >= 4 is 17.4 Å². The molecule has 1 aliphatic heterocycles. The van der Waals surface area contributed by atoms with Crippen LogP contribution in [0.4, 0.5) is 5.69 Å². The summed E-state index contributed by atoms with van der Waals surface area (Å²) >= 11 is 2.04. The summed E-state index contributed by atoms with van der Waals surface area (Å²) in [5, 5.41) is 0. The van der Waals surface area contributed by atoms with Crippen molar-refractivity contribution in [1.82, 2.24) is 4.98 Å². The molecule has 94 valence electrons. The van der Waals surface area contributed by atoms with E-state index < -0.39 is 0 Å². The van der Waals surface area contributed by atoms with Gasteiger partial charge in [0.05, 0.1) is 17.6 Å². The summed E-state index contributed by atoms with van der Waals surface area (Å²) in [6.45, 7) is 8.74. The van der Waals surface area contributed by atoms with E-state index in [0.29, 0.717) is 4.75 Å². The maximum atomic E-state index is 5.81. The highest BCUT2D eigenvalue weighted by atomic mass is 32.2. The van der Waals surface area contributed by atoms with E-state index >= 15 is 0 Å². The van der Waals surface area contributed by atoms with E-state index in [1.807, 2.05) is 30.9 Å². The lowest BCUT2D eigenvalue weighted by Crippen LogP contribution is -2.43. The minimum absolute atomic E-state index is 0.0115. The van der Waals surface area contributed by atoms with Gasteiger partial charge in [0.2, 0.25) is 0 Å². The third kappa shape index (κ3) is 3.13. The van der Waals surface area contributed by atoms with Gasteiger partial charge in [0.25, 0.3) is 0 Å². The van der Waals surface area contributed by atoms with Gasteiger partial charge >= 0.3 is 0 Å². The van der Waals surface area contributed by atoms with Gasteiger partial charge in [-0.25, -0.2) is 0 Å². The Morgan fingerprint density at radius 3 is 2.76 bits per heavy atom. The molecule has 2 N–H and O–H groups in total. The number of anilines is 1. The van der Waals surface area contributed by atoms with E-state index in [1.54, 1.807) is 0 Å². The number of nitrogens with zero attached hydrogens (tertiary/aromatic N) is 2. The smallest absolute Gasteiger partial charge is 0.0569 e. The lowest BCUT2D eigenvalue weighted by atomic mass is 10.1.